The first-order valence-electron chi connectivity index (χ1n) is 22.2. The second kappa shape index (κ2) is 22.7. The van der Waals surface area contributed by atoms with Crippen molar-refractivity contribution in [2.45, 2.75) is 106 Å². The van der Waals surface area contributed by atoms with Crippen LogP contribution in [0.25, 0.3) is 0 Å². The molecular weight excluding hydrogens is 753 g/mol. The van der Waals surface area contributed by atoms with Crippen LogP contribution in [0, 0.1) is 0 Å². The zero-order valence-corrected chi connectivity index (χ0v) is 38.4. The van der Waals surface area contributed by atoms with Crippen LogP contribution in [-0.4, -0.2) is 79.3 Å². The van der Waals surface area contributed by atoms with E-state index in [9.17, 15) is 0 Å². The maximum absolute atomic E-state index is 6.81. The van der Waals surface area contributed by atoms with Gasteiger partial charge in [0.2, 0.25) is 0 Å². The molecule has 0 heterocycles. The third kappa shape index (κ3) is 13.0. The van der Waals surface area contributed by atoms with Gasteiger partial charge in [-0.1, -0.05) is 102 Å². The van der Waals surface area contributed by atoms with Crippen molar-refractivity contribution in [1.82, 2.24) is 0 Å². The van der Waals surface area contributed by atoms with Gasteiger partial charge in [0, 0.05) is 52.1 Å². The minimum atomic E-state index is -0.114. The highest BCUT2D eigenvalue weighted by atomic mass is 16.5. The van der Waals surface area contributed by atoms with Gasteiger partial charge < -0.3 is 37.9 Å². The second-order valence-corrected chi connectivity index (χ2v) is 17.4. The molecule has 1 aliphatic rings. The number of rotatable bonds is 20. The molecule has 0 saturated carbocycles. The lowest BCUT2D eigenvalue weighted by molar-refractivity contribution is 0.108. The summed E-state index contributed by atoms with van der Waals surface area (Å²) in [5, 5.41) is 0. The topological polar surface area (TPSA) is 73.8 Å². The summed E-state index contributed by atoms with van der Waals surface area (Å²) in [6.45, 7) is 28.0. The van der Waals surface area contributed by atoms with Gasteiger partial charge in [-0.05, 0) is 94.2 Å². The first-order valence-corrected chi connectivity index (χ1v) is 22.2. The molecule has 4 aromatic rings. The van der Waals surface area contributed by atoms with E-state index in [-0.39, 0.29) is 10.8 Å². The average molecular weight is 825 g/mol. The number of fused-ring (bicyclic) bond motifs is 8. The van der Waals surface area contributed by atoms with E-state index in [0.717, 1.165) is 67.5 Å². The van der Waals surface area contributed by atoms with Gasteiger partial charge in [0.25, 0.3) is 0 Å². The Morgan fingerprint density at radius 3 is 0.800 bits per heavy atom. The first kappa shape index (κ1) is 47.0. The number of benzene rings is 4. The molecule has 60 heavy (non-hydrogen) atoms. The molecule has 8 heteroatoms. The zero-order chi connectivity index (χ0) is 43.1. The number of para-hydroxylation sites is 2. The van der Waals surface area contributed by atoms with Crippen molar-refractivity contribution in [2.24, 2.45) is 0 Å². The van der Waals surface area contributed by atoms with Gasteiger partial charge in [-0.2, -0.15) is 0 Å². The fraction of sp³-hybridized carbons (Fsp3) is 0.538. The fourth-order valence-corrected chi connectivity index (χ4v) is 7.68. The Kier molecular flexibility index (Phi) is 17.8. The van der Waals surface area contributed by atoms with E-state index in [4.69, 9.17) is 37.9 Å². The third-order valence-corrected chi connectivity index (χ3v) is 10.8. The molecule has 328 valence electrons. The lowest BCUT2D eigenvalue weighted by Gasteiger charge is -2.27. The molecule has 5 rings (SSSR count). The number of hydrogen-bond acceptors (Lipinski definition) is 8. The summed E-state index contributed by atoms with van der Waals surface area (Å²) in [6.07, 6.45) is 2.45. The van der Waals surface area contributed by atoms with E-state index >= 15 is 0 Å². The van der Waals surface area contributed by atoms with Gasteiger partial charge in [0.15, 0.2) is 0 Å². The van der Waals surface area contributed by atoms with Gasteiger partial charge >= 0.3 is 0 Å². The molecule has 0 fully saturated rings. The lowest BCUT2D eigenvalue weighted by atomic mass is 9.81. The minimum Gasteiger partial charge on any atom is -0.491 e. The quantitative estimate of drug-likeness (QED) is 0.0719. The smallest absolute Gasteiger partial charge is 0.126 e. The van der Waals surface area contributed by atoms with Crippen LogP contribution in [0.4, 0.5) is 0 Å². The molecule has 1 aliphatic carbocycles. The second-order valence-electron chi connectivity index (χ2n) is 17.4. The predicted molar refractivity (Wildman–Crippen MR) is 242 cm³/mol. The highest BCUT2D eigenvalue weighted by Gasteiger charge is 2.26. The number of hydrogen-bond donors (Lipinski definition) is 0. The Morgan fingerprint density at radius 1 is 0.350 bits per heavy atom. The van der Waals surface area contributed by atoms with Crippen molar-refractivity contribution in [2.75, 3.05) is 79.3 Å². The van der Waals surface area contributed by atoms with Gasteiger partial charge in [-0.3, -0.25) is 0 Å². The van der Waals surface area contributed by atoms with Crippen molar-refractivity contribution in [1.29, 1.82) is 0 Å². The summed E-state index contributed by atoms with van der Waals surface area (Å²) in [4.78, 5) is 0. The monoisotopic (exact) mass is 825 g/mol. The molecule has 4 aromatic carbocycles. The lowest BCUT2D eigenvalue weighted by Crippen LogP contribution is -2.17. The fourth-order valence-electron chi connectivity index (χ4n) is 7.68. The normalized spacial score (nSPS) is 13.0. The molecule has 0 aromatic heterocycles. The largest absolute Gasteiger partial charge is 0.491 e. The summed E-state index contributed by atoms with van der Waals surface area (Å²) >= 11 is 0. The average Bonchev–Trinajstić information content (AvgIpc) is 3.20. The van der Waals surface area contributed by atoms with E-state index in [1.807, 2.05) is 27.7 Å². The first-order chi connectivity index (χ1) is 28.9. The van der Waals surface area contributed by atoms with Gasteiger partial charge in [0.1, 0.15) is 49.4 Å². The molecule has 0 atom stereocenters. The molecule has 0 radical (unpaired) electrons. The van der Waals surface area contributed by atoms with E-state index in [1.54, 1.807) is 0 Å². The number of ether oxygens (including phenoxy) is 8. The highest BCUT2D eigenvalue weighted by molar-refractivity contribution is 5.58. The molecule has 0 unspecified atom stereocenters. The van der Waals surface area contributed by atoms with Crippen LogP contribution < -0.4 is 18.9 Å². The third-order valence-electron chi connectivity index (χ3n) is 10.8. The van der Waals surface area contributed by atoms with Crippen LogP contribution in [0.5, 0.6) is 23.0 Å². The van der Waals surface area contributed by atoms with Gasteiger partial charge in [0.05, 0.1) is 26.4 Å². The van der Waals surface area contributed by atoms with Crippen molar-refractivity contribution in [3.05, 3.63) is 116 Å². The molecule has 0 saturated heterocycles. The Balaban J connectivity index is 1.83. The molecular formula is C52H72O8. The van der Waals surface area contributed by atoms with E-state index in [0.29, 0.717) is 105 Å². The summed E-state index contributed by atoms with van der Waals surface area (Å²) in [5.41, 5.74) is 11.1. The highest BCUT2D eigenvalue weighted by Crippen LogP contribution is 2.42. The van der Waals surface area contributed by atoms with Crippen LogP contribution in [0.3, 0.4) is 0 Å². The summed E-state index contributed by atoms with van der Waals surface area (Å²) < 4.78 is 50.3. The molecule has 0 amide bonds. The molecule has 0 aliphatic heterocycles. The van der Waals surface area contributed by atoms with Gasteiger partial charge in [-0.15, -0.1) is 0 Å². The maximum Gasteiger partial charge on any atom is 0.126 e. The summed E-state index contributed by atoms with van der Waals surface area (Å²) in [5.74, 6) is 3.53. The van der Waals surface area contributed by atoms with Crippen LogP contribution in [-0.2, 0) is 55.5 Å². The minimum absolute atomic E-state index is 0.114. The van der Waals surface area contributed by atoms with Crippen molar-refractivity contribution in [3.8, 4) is 23.0 Å². The molecule has 8 nitrogen and oxygen atoms in total. The molecule has 8 bridgehead atoms. The van der Waals surface area contributed by atoms with Crippen molar-refractivity contribution >= 4 is 0 Å². The zero-order valence-electron chi connectivity index (χ0n) is 38.4. The molecule has 0 spiro atoms. The SMILES string of the molecule is CCOCCOc1c2cccc1Cc1cc(C(C)(C)C)cc(c1OCCOCC)Cc1cccc(c1OCCOCC)Cc1cc(C(C)(C)C)cc(c1OCCOCC)C2. The van der Waals surface area contributed by atoms with Crippen molar-refractivity contribution in [3.63, 3.8) is 0 Å². The summed E-state index contributed by atoms with van der Waals surface area (Å²) in [6, 6.07) is 22.4. The van der Waals surface area contributed by atoms with E-state index in [2.05, 4.69) is 102 Å². The Morgan fingerprint density at radius 2 is 0.583 bits per heavy atom. The predicted octanol–water partition coefficient (Wildman–Crippen LogP) is 10.6. The standard InChI is InChI=1S/C52H72O8/c1-11-53-21-25-57-47-37-17-15-18-38(47)30-42-34-46(52(8,9)10)36-44(50(42)60-28-24-56-14-4)32-40-20-16-19-39(48(40)58-26-22-54-12-2)31-43-35-45(51(5,6)7)33-41(29-37)49(43)59-27-23-55-13-3/h15-20,33-36H,11-14,21-32H2,1-10H3. The Hall–Kier alpha value is -4.08. The Labute approximate surface area is 361 Å². The van der Waals surface area contributed by atoms with Crippen LogP contribution in [0.2, 0.25) is 0 Å². The Bertz CT molecular complexity index is 1720. The van der Waals surface area contributed by atoms with E-state index in [1.165, 1.54) is 11.1 Å². The van der Waals surface area contributed by atoms with Crippen LogP contribution >= 0.6 is 0 Å². The molecule has 0 N–H and O–H groups in total. The summed E-state index contributed by atoms with van der Waals surface area (Å²) in [7, 11) is 0. The van der Waals surface area contributed by atoms with Crippen LogP contribution in [0.1, 0.15) is 125 Å². The van der Waals surface area contributed by atoms with Gasteiger partial charge in [-0.25, -0.2) is 0 Å². The van der Waals surface area contributed by atoms with Crippen molar-refractivity contribution < 1.29 is 37.9 Å². The maximum atomic E-state index is 6.81. The van der Waals surface area contributed by atoms with Crippen LogP contribution in [0.15, 0.2) is 60.7 Å². The van der Waals surface area contributed by atoms with E-state index < -0.39 is 0 Å².